The Balaban J connectivity index is 5.48. The van der Waals surface area contributed by atoms with E-state index in [0.717, 1.165) is 0 Å². The van der Waals surface area contributed by atoms with Crippen molar-refractivity contribution in [2.45, 2.75) is 18.1 Å². The van der Waals surface area contributed by atoms with Crippen LogP contribution in [0.2, 0.25) is 0 Å². The van der Waals surface area contributed by atoms with E-state index in [9.17, 15) is 9.59 Å². The molecular formula is C10H16N2O6. The zero-order valence-electron chi connectivity index (χ0n) is 10.8. The third-order valence-electron chi connectivity index (χ3n) is 2.50. The number of hydrogen-bond acceptors (Lipinski definition) is 8. The summed E-state index contributed by atoms with van der Waals surface area (Å²) < 4.78 is 20.5. The van der Waals surface area contributed by atoms with Crippen LogP contribution in [0, 0.1) is 0 Å². The van der Waals surface area contributed by atoms with Crippen LogP contribution in [0.5, 0.6) is 0 Å². The first-order chi connectivity index (χ1) is 8.61. The van der Waals surface area contributed by atoms with Gasteiger partial charge in [0.15, 0.2) is 0 Å². The predicted octanol–water partition coefficient (Wildman–Crippen LogP) is -0.0162. The minimum atomic E-state index is -1.84. The number of ether oxygens (including phenoxy) is 4. The highest BCUT2D eigenvalue weighted by molar-refractivity contribution is 5.34. The maximum atomic E-state index is 10.5. The van der Waals surface area contributed by atoms with E-state index >= 15 is 0 Å². The van der Waals surface area contributed by atoms with Crippen molar-refractivity contribution in [2.24, 2.45) is 9.98 Å². The van der Waals surface area contributed by atoms with Crippen molar-refractivity contribution < 1.29 is 28.5 Å². The lowest BCUT2D eigenvalue weighted by Crippen LogP contribution is -2.58. The van der Waals surface area contributed by atoms with E-state index in [2.05, 4.69) is 9.98 Å². The van der Waals surface area contributed by atoms with Gasteiger partial charge in [-0.25, -0.2) is 14.6 Å². The fourth-order valence-electron chi connectivity index (χ4n) is 1.58. The lowest BCUT2D eigenvalue weighted by molar-refractivity contribution is -0.385. The van der Waals surface area contributed by atoms with Gasteiger partial charge in [-0.05, 0) is 0 Å². The molecule has 0 radical (unpaired) electrons. The van der Waals surface area contributed by atoms with Crippen LogP contribution in [-0.2, 0) is 28.5 Å². The van der Waals surface area contributed by atoms with E-state index in [1.165, 1.54) is 40.6 Å². The number of carbonyl (C=O) groups excluding carboxylic acids is 2. The molecule has 0 aliphatic rings. The van der Waals surface area contributed by atoms with Gasteiger partial charge in [-0.15, -0.1) is 4.99 Å². The summed E-state index contributed by atoms with van der Waals surface area (Å²) in [5.41, 5.74) is 0. The molecular weight excluding hydrogens is 244 g/mol. The summed E-state index contributed by atoms with van der Waals surface area (Å²) >= 11 is 0. The largest absolute Gasteiger partial charge is 0.347 e. The van der Waals surface area contributed by atoms with Gasteiger partial charge in [0.05, 0.1) is 6.54 Å². The number of nitrogens with zero attached hydrogens (tertiary/aromatic N) is 2. The molecule has 18 heavy (non-hydrogen) atoms. The summed E-state index contributed by atoms with van der Waals surface area (Å²) in [6.45, 7) is 0.0357. The van der Waals surface area contributed by atoms with Crippen molar-refractivity contribution in [1.29, 1.82) is 0 Å². The summed E-state index contributed by atoms with van der Waals surface area (Å²) in [6.07, 6.45) is 2.77. The van der Waals surface area contributed by atoms with Crippen molar-refractivity contribution in [3.05, 3.63) is 0 Å². The summed E-state index contributed by atoms with van der Waals surface area (Å²) in [5, 5.41) is 0. The third-order valence-corrected chi connectivity index (χ3v) is 2.50. The van der Waals surface area contributed by atoms with Gasteiger partial charge in [0.2, 0.25) is 17.9 Å². The third kappa shape index (κ3) is 3.08. The van der Waals surface area contributed by atoms with Crippen molar-refractivity contribution in [3.63, 3.8) is 0 Å². The Labute approximate surface area is 105 Å². The van der Waals surface area contributed by atoms with E-state index < -0.39 is 11.7 Å². The molecule has 0 aliphatic heterocycles. The topological polar surface area (TPSA) is 95.8 Å². The van der Waals surface area contributed by atoms with E-state index in [1.54, 1.807) is 0 Å². The molecule has 102 valence electrons. The first-order valence-electron chi connectivity index (χ1n) is 4.95. The number of hydrogen-bond donors (Lipinski definition) is 0. The van der Waals surface area contributed by atoms with E-state index in [0.29, 0.717) is 0 Å². The van der Waals surface area contributed by atoms with Crippen LogP contribution in [0.1, 0.15) is 6.42 Å². The molecule has 0 N–H and O–H groups in total. The van der Waals surface area contributed by atoms with Crippen molar-refractivity contribution >= 4 is 12.2 Å². The van der Waals surface area contributed by atoms with Crippen LogP contribution in [0.15, 0.2) is 9.98 Å². The maximum absolute atomic E-state index is 10.5. The van der Waals surface area contributed by atoms with Gasteiger partial charge in [0.1, 0.15) is 0 Å². The summed E-state index contributed by atoms with van der Waals surface area (Å²) in [6, 6.07) is 0. The molecule has 0 unspecified atom stereocenters. The molecule has 0 aromatic carbocycles. The minimum absolute atomic E-state index is 0.0357. The van der Waals surface area contributed by atoms with Crippen LogP contribution in [0.4, 0.5) is 0 Å². The fraction of sp³-hybridized carbons (Fsp3) is 0.800. The standard InChI is InChI=1S/C10H16N2O6/c1-15-9(16-2,5-6-11-7-13)10(17-3,18-4)12-8-14/h5-6H2,1-4H3. The molecule has 0 fully saturated rings. The second kappa shape index (κ2) is 7.84. The Hall–Kier alpha value is -1.40. The van der Waals surface area contributed by atoms with Crippen LogP contribution in [0.3, 0.4) is 0 Å². The highest BCUT2D eigenvalue weighted by Gasteiger charge is 2.55. The lowest BCUT2D eigenvalue weighted by atomic mass is 10.1. The summed E-state index contributed by atoms with van der Waals surface area (Å²) in [5.74, 6) is -3.38. The van der Waals surface area contributed by atoms with E-state index in [-0.39, 0.29) is 13.0 Å². The average Bonchev–Trinajstić information content (AvgIpc) is 2.42. The Morgan fingerprint density at radius 2 is 1.50 bits per heavy atom. The lowest BCUT2D eigenvalue weighted by Gasteiger charge is -2.41. The molecule has 0 spiro atoms. The van der Waals surface area contributed by atoms with Gasteiger partial charge in [-0.1, -0.05) is 0 Å². The Morgan fingerprint density at radius 3 is 1.83 bits per heavy atom. The smallest absolute Gasteiger partial charge is 0.336 e. The number of rotatable bonds is 9. The second-order valence-electron chi connectivity index (χ2n) is 3.08. The monoisotopic (exact) mass is 260 g/mol. The SMILES string of the molecule is COC(CCN=C=O)(OC)C(N=C=O)(OC)OC. The van der Waals surface area contributed by atoms with Gasteiger partial charge < -0.3 is 18.9 Å². The van der Waals surface area contributed by atoms with E-state index in [4.69, 9.17) is 18.9 Å². The van der Waals surface area contributed by atoms with Gasteiger partial charge in [0, 0.05) is 34.9 Å². The van der Waals surface area contributed by atoms with Gasteiger partial charge in [0.25, 0.3) is 0 Å². The quantitative estimate of drug-likeness (QED) is 0.328. The Kier molecular flexibility index (Phi) is 7.23. The Bertz CT molecular complexity index is 338. The molecule has 0 atom stereocenters. The van der Waals surface area contributed by atoms with Crippen molar-refractivity contribution in [3.8, 4) is 0 Å². The summed E-state index contributed by atoms with van der Waals surface area (Å²) in [4.78, 5) is 27.4. The molecule has 0 aromatic heterocycles. The first kappa shape index (κ1) is 16.6. The average molecular weight is 260 g/mol. The number of aliphatic imine (C=N–C) groups is 2. The van der Waals surface area contributed by atoms with E-state index in [1.807, 2.05) is 0 Å². The molecule has 0 aromatic rings. The number of isocyanates is 2. The predicted molar refractivity (Wildman–Crippen MR) is 59.2 cm³/mol. The second-order valence-corrected chi connectivity index (χ2v) is 3.08. The zero-order valence-corrected chi connectivity index (χ0v) is 10.8. The molecule has 0 bridgehead atoms. The van der Waals surface area contributed by atoms with Crippen LogP contribution >= 0.6 is 0 Å². The molecule has 0 rings (SSSR count). The van der Waals surface area contributed by atoms with Crippen molar-refractivity contribution in [1.82, 2.24) is 0 Å². The minimum Gasteiger partial charge on any atom is -0.347 e. The molecule has 0 saturated carbocycles. The molecule has 8 nitrogen and oxygen atoms in total. The van der Waals surface area contributed by atoms with Crippen LogP contribution in [-0.4, -0.2) is 58.8 Å². The summed E-state index contributed by atoms with van der Waals surface area (Å²) in [7, 11) is 5.17. The van der Waals surface area contributed by atoms with Crippen molar-refractivity contribution in [2.75, 3.05) is 35.0 Å². The molecule has 0 amide bonds. The van der Waals surface area contributed by atoms with Gasteiger partial charge >= 0.3 is 5.91 Å². The maximum Gasteiger partial charge on any atom is 0.336 e. The highest BCUT2D eigenvalue weighted by atomic mass is 16.8. The van der Waals surface area contributed by atoms with Crippen LogP contribution in [0.25, 0.3) is 0 Å². The number of methoxy groups -OCH3 is 4. The highest BCUT2D eigenvalue weighted by Crippen LogP contribution is 2.35. The van der Waals surface area contributed by atoms with Gasteiger partial charge in [-0.2, -0.15) is 0 Å². The normalized spacial score (nSPS) is 11.6. The zero-order chi connectivity index (χ0) is 14.1. The van der Waals surface area contributed by atoms with Gasteiger partial charge in [-0.3, -0.25) is 0 Å². The fourth-order valence-corrected chi connectivity index (χ4v) is 1.58. The van der Waals surface area contributed by atoms with Crippen LogP contribution < -0.4 is 0 Å². The Morgan fingerprint density at radius 1 is 0.944 bits per heavy atom. The molecule has 8 heteroatoms. The molecule has 0 saturated heterocycles. The molecule has 0 heterocycles. The first-order valence-corrected chi connectivity index (χ1v) is 4.95. The molecule has 0 aliphatic carbocycles.